The van der Waals surface area contributed by atoms with E-state index in [1.54, 1.807) is 18.9 Å². The van der Waals surface area contributed by atoms with Gasteiger partial charge in [-0.05, 0) is 25.3 Å². The number of carboxylic acids is 1. The Hall–Kier alpha value is -2.41. The van der Waals surface area contributed by atoms with Crippen LogP contribution in [0.3, 0.4) is 0 Å². The Labute approximate surface area is 153 Å². The standard InChI is InChI=1S/C19H26N2O5/c1-19(26-3,15-7-5-4-6-8-15)18(25)20(2)13-16(22)21-11-9-14(10-12-21)17(23)24/h4-8,14H,9-13H2,1-3H3,(H,23,24). The van der Waals surface area contributed by atoms with E-state index in [2.05, 4.69) is 0 Å². The number of methoxy groups -OCH3 is 1. The Morgan fingerprint density at radius 1 is 1.23 bits per heavy atom. The van der Waals surface area contributed by atoms with Crippen molar-refractivity contribution in [2.45, 2.75) is 25.4 Å². The molecule has 0 aliphatic carbocycles. The van der Waals surface area contributed by atoms with Gasteiger partial charge in [-0.15, -0.1) is 0 Å². The van der Waals surface area contributed by atoms with Crippen molar-refractivity contribution in [3.63, 3.8) is 0 Å². The number of hydrogen-bond acceptors (Lipinski definition) is 4. The number of carboxylic acid groups (broad SMARTS) is 1. The van der Waals surface area contributed by atoms with Gasteiger partial charge in [0, 0.05) is 27.2 Å². The summed E-state index contributed by atoms with van der Waals surface area (Å²) in [6.45, 7) is 2.42. The van der Waals surface area contributed by atoms with Gasteiger partial charge in [0.15, 0.2) is 5.60 Å². The number of piperidine rings is 1. The number of carbonyl (C=O) groups is 3. The molecule has 1 saturated heterocycles. The van der Waals surface area contributed by atoms with E-state index in [0.717, 1.165) is 0 Å². The van der Waals surface area contributed by atoms with E-state index in [4.69, 9.17) is 9.84 Å². The smallest absolute Gasteiger partial charge is 0.306 e. The predicted molar refractivity (Wildman–Crippen MR) is 95.4 cm³/mol. The van der Waals surface area contributed by atoms with Crippen LogP contribution in [0.2, 0.25) is 0 Å². The molecule has 1 aliphatic heterocycles. The van der Waals surface area contributed by atoms with E-state index < -0.39 is 17.5 Å². The number of likely N-dealkylation sites (tertiary alicyclic amines) is 1. The van der Waals surface area contributed by atoms with Crippen LogP contribution in [0.15, 0.2) is 30.3 Å². The first-order valence-corrected chi connectivity index (χ1v) is 8.66. The van der Waals surface area contributed by atoms with E-state index in [-0.39, 0.29) is 18.4 Å². The number of aliphatic carboxylic acids is 1. The molecular weight excluding hydrogens is 336 g/mol. The summed E-state index contributed by atoms with van der Waals surface area (Å²) in [5.74, 6) is -1.70. The summed E-state index contributed by atoms with van der Waals surface area (Å²) < 4.78 is 5.49. The molecule has 0 spiro atoms. The maximum absolute atomic E-state index is 12.9. The normalized spacial score (nSPS) is 17.4. The van der Waals surface area contributed by atoms with E-state index in [0.29, 0.717) is 31.5 Å². The minimum Gasteiger partial charge on any atom is -0.481 e. The largest absolute Gasteiger partial charge is 0.481 e. The molecule has 0 bridgehead atoms. The van der Waals surface area contributed by atoms with Gasteiger partial charge in [0.2, 0.25) is 5.91 Å². The molecule has 1 N–H and O–H groups in total. The topological polar surface area (TPSA) is 87.2 Å². The molecule has 1 atom stereocenters. The quantitative estimate of drug-likeness (QED) is 0.825. The SMILES string of the molecule is COC(C)(C(=O)N(C)CC(=O)N1CCC(C(=O)O)CC1)c1ccccc1. The summed E-state index contributed by atoms with van der Waals surface area (Å²) in [6.07, 6.45) is 0.886. The second-order valence-electron chi connectivity index (χ2n) is 6.76. The van der Waals surface area contributed by atoms with Crippen LogP contribution in [-0.4, -0.2) is 66.5 Å². The van der Waals surface area contributed by atoms with Crippen LogP contribution in [0.4, 0.5) is 0 Å². The van der Waals surface area contributed by atoms with E-state index in [9.17, 15) is 14.4 Å². The molecule has 7 heteroatoms. The van der Waals surface area contributed by atoms with E-state index >= 15 is 0 Å². The van der Waals surface area contributed by atoms with Gasteiger partial charge < -0.3 is 19.6 Å². The molecule has 1 fully saturated rings. The molecule has 1 heterocycles. The molecule has 7 nitrogen and oxygen atoms in total. The Morgan fingerprint density at radius 3 is 2.31 bits per heavy atom. The summed E-state index contributed by atoms with van der Waals surface area (Å²) in [7, 11) is 3.04. The van der Waals surface area contributed by atoms with Gasteiger partial charge in [-0.2, -0.15) is 0 Å². The maximum atomic E-state index is 12.9. The fourth-order valence-corrected chi connectivity index (χ4v) is 3.20. The highest BCUT2D eigenvalue weighted by atomic mass is 16.5. The van der Waals surface area contributed by atoms with Gasteiger partial charge >= 0.3 is 5.97 Å². The lowest BCUT2D eigenvalue weighted by molar-refractivity contribution is -0.156. The Morgan fingerprint density at radius 2 is 1.81 bits per heavy atom. The van der Waals surface area contributed by atoms with Crippen molar-refractivity contribution >= 4 is 17.8 Å². The molecule has 26 heavy (non-hydrogen) atoms. The van der Waals surface area contributed by atoms with Crippen LogP contribution in [-0.2, 0) is 24.7 Å². The lowest BCUT2D eigenvalue weighted by Gasteiger charge is -2.34. The average molecular weight is 362 g/mol. The van der Waals surface area contributed by atoms with E-state index in [1.165, 1.54) is 12.0 Å². The summed E-state index contributed by atoms with van der Waals surface area (Å²) in [6, 6.07) is 9.15. The van der Waals surface area contributed by atoms with Crippen molar-refractivity contribution in [3.05, 3.63) is 35.9 Å². The molecule has 1 aliphatic rings. The summed E-state index contributed by atoms with van der Waals surface area (Å²) in [5, 5.41) is 9.04. The fraction of sp³-hybridized carbons (Fsp3) is 0.526. The first kappa shape index (κ1) is 19.9. The zero-order valence-corrected chi connectivity index (χ0v) is 15.5. The lowest BCUT2D eigenvalue weighted by atomic mass is 9.94. The highest BCUT2D eigenvalue weighted by molar-refractivity contribution is 5.90. The number of amides is 2. The van der Waals surface area contributed by atoms with Crippen LogP contribution >= 0.6 is 0 Å². The molecule has 0 aromatic heterocycles. The third kappa shape index (κ3) is 4.22. The third-order valence-corrected chi connectivity index (χ3v) is 5.06. The van der Waals surface area contributed by atoms with E-state index in [1.807, 2.05) is 30.3 Å². The van der Waals surface area contributed by atoms with Crippen molar-refractivity contribution in [1.29, 1.82) is 0 Å². The second kappa shape index (κ2) is 8.31. The van der Waals surface area contributed by atoms with Crippen molar-refractivity contribution in [2.24, 2.45) is 5.92 Å². The van der Waals surface area contributed by atoms with Crippen LogP contribution < -0.4 is 0 Å². The Kier molecular flexibility index (Phi) is 6.37. The maximum Gasteiger partial charge on any atom is 0.306 e. The molecule has 2 amide bonds. The Bertz CT molecular complexity index is 655. The summed E-state index contributed by atoms with van der Waals surface area (Å²) >= 11 is 0. The number of likely N-dealkylation sites (N-methyl/N-ethyl adjacent to an activating group) is 1. The van der Waals surface area contributed by atoms with Gasteiger partial charge in [0.05, 0.1) is 12.5 Å². The third-order valence-electron chi connectivity index (χ3n) is 5.06. The second-order valence-corrected chi connectivity index (χ2v) is 6.76. The van der Waals surface area contributed by atoms with Gasteiger partial charge in [-0.1, -0.05) is 30.3 Å². The fourth-order valence-electron chi connectivity index (χ4n) is 3.20. The molecule has 0 radical (unpaired) electrons. The molecular formula is C19H26N2O5. The zero-order chi connectivity index (χ0) is 19.3. The van der Waals surface area contributed by atoms with Gasteiger partial charge in [-0.25, -0.2) is 0 Å². The lowest BCUT2D eigenvalue weighted by Crippen LogP contribution is -2.50. The number of carbonyl (C=O) groups excluding carboxylic acids is 2. The van der Waals surface area contributed by atoms with Crippen molar-refractivity contribution in [3.8, 4) is 0 Å². The van der Waals surface area contributed by atoms with Crippen LogP contribution in [0, 0.1) is 5.92 Å². The van der Waals surface area contributed by atoms with Gasteiger partial charge in [0.1, 0.15) is 0 Å². The number of hydrogen-bond donors (Lipinski definition) is 1. The number of nitrogens with zero attached hydrogens (tertiary/aromatic N) is 2. The van der Waals surface area contributed by atoms with Gasteiger partial charge in [-0.3, -0.25) is 14.4 Å². The number of ether oxygens (including phenoxy) is 1. The van der Waals surface area contributed by atoms with Crippen LogP contribution in [0.5, 0.6) is 0 Å². The minimum atomic E-state index is -1.17. The highest BCUT2D eigenvalue weighted by Crippen LogP contribution is 2.27. The van der Waals surface area contributed by atoms with Crippen LogP contribution in [0.25, 0.3) is 0 Å². The van der Waals surface area contributed by atoms with Crippen molar-refractivity contribution in [2.75, 3.05) is 33.8 Å². The average Bonchev–Trinajstić information content (AvgIpc) is 2.67. The number of rotatable bonds is 6. The Balaban J connectivity index is 2.00. The highest BCUT2D eigenvalue weighted by Gasteiger charge is 2.38. The molecule has 142 valence electrons. The molecule has 0 saturated carbocycles. The first-order valence-electron chi connectivity index (χ1n) is 8.66. The van der Waals surface area contributed by atoms with Crippen molar-refractivity contribution < 1.29 is 24.2 Å². The molecule has 2 rings (SSSR count). The first-order chi connectivity index (χ1) is 12.3. The summed E-state index contributed by atoms with van der Waals surface area (Å²) in [4.78, 5) is 39.4. The summed E-state index contributed by atoms with van der Waals surface area (Å²) in [5.41, 5.74) is -0.457. The van der Waals surface area contributed by atoms with Crippen molar-refractivity contribution in [1.82, 2.24) is 9.80 Å². The molecule has 1 aromatic rings. The zero-order valence-electron chi connectivity index (χ0n) is 15.5. The number of benzene rings is 1. The van der Waals surface area contributed by atoms with Gasteiger partial charge in [0.25, 0.3) is 5.91 Å². The monoisotopic (exact) mass is 362 g/mol. The minimum absolute atomic E-state index is 0.0671. The van der Waals surface area contributed by atoms with Crippen LogP contribution in [0.1, 0.15) is 25.3 Å². The molecule has 1 aromatic carbocycles. The molecule has 1 unspecified atom stereocenters. The predicted octanol–water partition coefficient (Wildman–Crippen LogP) is 1.33.